The van der Waals surface area contributed by atoms with Crippen molar-refractivity contribution in [3.05, 3.63) is 21.9 Å². The third-order valence-corrected chi connectivity index (χ3v) is 1.96. The number of carbonyl (C=O) groups is 1. The lowest BCUT2D eigenvalue weighted by molar-refractivity contribution is 0.256. The average molecular weight is 290 g/mol. The zero-order valence-electron chi connectivity index (χ0n) is 6.57. The first kappa shape index (κ1) is 9.90. The van der Waals surface area contributed by atoms with Crippen molar-refractivity contribution < 1.29 is 4.79 Å². The number of nitrogens with two attached hydrogens (primary N) is 1. The minimum Gasteiger partial charge on any atom is -0.351 e. The fourth-order valence-corrected chi connectivity index (χ4v) is 1.07. The number of halogens is 1. The van der Waals surface area contributed by atoms with Crippen LogP contribution in [0.1, 0.15) is 0 Å². The molecule has 0 aliphatic carbocycles. The third-order valence-electron chi connectivity index (χ3n) is 1.33. The van der Waals surface area contributed by atoms with Gasteiger partial charge in [0.1, 0.15) is 5.82 Å². The van der Waals surface area contributed by atoms with Crippen LogP contribution >= 0.6 is 22.6 Å². The first-order valence-corrected chi connectivity index (χ1v) is 4.44. The van der Waals surface area contributed by atoms with Crippen LogP contribution in [0.25, 0.3) is 0 Å². The highest BCUT2D eigenvalue weighted by Crippen LogP contribution is 2.10. The van der Waals surface area contributed by atoms with E-state index in [1.807, 2.05) is 0 Å². The number of rotatable bonds is 2. The van der Waals surface area contributed by atoms with Crippen LogP contribution in [0.2, 0.25) is 0 Å². The second-order valence-electron chi connectivity index (χ2n) is 2.17. The highest BCUT2D eigenvalue weighted by Gasteiger charge is 2.09. The number of urea groups is 1. The molecule has 0 aromatic carbocycles. The average Bonchev–Trinajstić information content (AvgIpc) is 2.09. The van der Waals surface area contributed by atoms with E-state index in [4.69, 9.17) is 11.1 Å². The fourth-order valence-electron chi connectivity index (χ4n) is 0.753. The lowest BCUT2D eigenvalue weighted by Gasteiger charge is -2.11. The normalized spacial score (nSPS) is 9.31. The van der Waals surface area contributed by atoms with Crippen molar-refractivity contribution in [1.82, 2.24) is 4.98 Å². The second-order valence-corrected chi connectivity index (χ2v) is 3.42. The van der Waals surface area contributed by atoms with Gasteiger partial charge in [0.25, 0.3) is 0 Å². The minimum atomic E-state index is -0.719. The Bertz CT molecular complexity index is 324. The summed E-state index contributed by atoms with van der Waals surface area (Å²) in [5, 5.41) is 6.94. The molecule has 0 unspecified atom stereocenters. The number of hydrogen-bond acceptors (Lipinski definition) is 3. The van der Waals surface area contributed by atoms with Gasteiger partial charge in [0.2, 0.25) is 0 Å². The number of nitrogens with zero attached hydrogens (tertiary/aromatic N) is 2. The monoisotopic (exact) mass is 290 g/mol. The van der Waals surface area contributed by atoms with Crippen molar-refractivity contribution in [2.24, 2.45) is 5.73 Å². The molecule has 3 N–H and O–H groups in total. The smallest absolute Gasteiger partial charge is 0.325 e. The molecule has 0 radical (unpaired) electrons. The summed E-state index contributed by atoms with van der Waals surface area (Å²) < 4.78 is 0.954. The summed E-state index contributed by atoms with van der Waals surface area (Å²) in [5.41, 5.74) is 5.01. The molecule has 1 heterocycles. The van der Waals surface area contributed by atoms with Crippen LogP contribution in [0.5, 0.6) is 0 Å². The van der Waals surface area contributed by atoms with Gasteiger partial charge >= 0.3 is 6.03 Å². The molecular formula is C7H7IN4O. The first-order chi connectivity index (χ1) is 6.15. The Labute approximate surface area is 88.6 Å². The molecule has 0 aliphatic rings. The maximum Gasteiger partial charge on any atom is 0.325 e. The van der Waals surface area contributed by atoms with Gasteiger partial charge in [-0.05, 0) is 34.7 Å². The zero-order valence-corrected chi connectivity index (χ0v) is 8.72. The van der Waals surface area contributed by atoms with Gasteiger partial charge < -0.3 is 5.73 Å². The van der Waals surface area contributed by atoms with Crippen molar-refractivity contribution >= 4 is 40.8 Å². The Morgan fingerprint density at radius 2 is 2.38 bits per heavy atom. The first-order valence-electron chi connectivity index (χ1n) is 3.36. The van der Waals surface area contributed by atoms with Crippen LogP contribution in [0, 0.1) is 8.98 Å². The van der Waals surface area contributed by atoms with Crippen molar-refractivity contribution in [3.63, 3.8) is 0 Å². The lowest BCUT2D eigenvalue weighted by Crippen LogP contribution is -2.34. The summed E-state index contributed by atoms with van der Waals surface area (Å²) in [6.45, 7) is 0. The van der Waals surface area contributed by atoms with E-state index in [1.54, 1.807) is 18.3 Å². The van der Waals surface area contributed by atoms with E-state index >= 15 is 0 Å². The minimum absolute atomic E-state index is 0.350. The third kappa shape index (κ3) is 2.38. The van der Waals surface area contributed by atoms with Crippen molar-refractivity contribution in [3.8, 4) is 0 Å². The standard InChI is InChI=1S/C7H7IN4O/c8-5-1-2-6(11-3-5)12(4-9)7(10)13/h1-4,9H,(H2,10,13). The molecular weight excluding hydrogens is 283 g/mol. The number of carbonyl (C=O) groups excluding carboxylic acids is 1. The quantitative estimate of drug-likeness (QED) is 0.487. The van der Waals surface area contributed by atoms with Crippen molar-refractivity contribution in [2.45, 2.75) is 0 Å². The van der Waals surface area contributed by atoms with Gasteiger partial charge in [-0.3, -0.25) is 5.41 Å². The number of pyridine rings is 1. The number of primary amides is 1. The van der Waals surface area contributed by atoms with Crippen LogP contribution in [0.15, 0.2) is 18.3 Å². The molecule has 1 aromatic heterocycles. The molecule has 68 valence electrons. The predicted octanol–water partition coefficient (Wildman–Crippen LogP) is 1.18. The molecule has 6 heteroatoms. The van der Waals surface area contributed by atoms with Crippen LogP contribution < -0.4 is 10.6 Å². The number of aromatic nitrogens is 1. The summed E-state index contributed by atoms with van der Waals surface area (Å²) in [4.78, 5) is 15.7. The molecule has 0 fully saturated rings. The molecule has 1 rings (SSSR count). The number of nitrogens with one attached hydrogen (secondary N) is 1. The maximum atomic E-state index is 10.8. The summed E-state index contributed by atoms with van der Waals surface area (Å²) in [7, 11) is 0. The maximum absolute atomic E-state index is 10.8. The van der Waals surface area contributed by atoms with Gasteiger partial charge in [-0.1, -0.05) is 0 Å². The van der Waals surface area contributed by atoms with Crippen LogP contribution in [-0.2, 0) is 0 Å². The largest absolute Gasteiger partial charge is 0.351 e. The van der Waals surface area contributed by atoms with Gasteiger partial charge in [0.15, 0.2) is 0 Å². The zero-order chi connectivity index (χ0) is 9.84. The van der Waals surface area contributed by atoms with E-state index in [9.17, 15) is 4.79 Å². The van der Waals surface area contributed by atoms with Gasteiger partial charge in [-0.2, -0.15) is 0 Å². The topological polar surface area (TPSA) is 83.1 Å². The fraction of sp³-hybridized carbons (Fsp3) is 0. The summed E-state index contributed by atoms with van der Waals surface area (Å²) in [6, 6.07) is 2.68. The Morgan fingerprint density at radius 1 is 1.69 bits per heavy atom. The number of amides is 2. The van der Waals surface area contributed by atoms with Crippen LogP contribution in [-0.4, -0.2) is 17.4 Å². The molecule has 0 spiro atoms. The molecule has 1 aromatic rings. The van der Waals surface area contributed by atoms with Gasteiger partial charge in [0.05, 0.1) is 6.34 Å². The summed E-state index contributed by atoms with van der Waals surface area (Å²) >= 11 is 2.10. The van der Waals surface area contributed by atoms with E-state index < -0.39 is 6.03 Å². The summed E-state index contributed by atoms with van der Waals surface area (Å²) in [5.74, 6) is 0.350. The van der Waals surface area contributed by atoms with E-state index in [1.165, 1.54) is 0 Å². The molecule has 2 amide bonds. The van der Waals surface area contributed by atoms with Crippen LogP contribution in [0.3, 0.4) is 0 Å². The Morgan fingerprint density at radius 3 is 2.77 bits per heavy atom. The Kier molecular flexibility index (Phi) is 3.18. The predicted molar refractivity (Wildman–Crippen MR) is 57.8 cm³/mol. The molecule has 5 nitrogen and oxygen atoms in total. The highest BCUT2D eigenvalue weighted by atomic mass is 127. The van der Waals surface area contributed by atoms with Crippen LogP contribution in [0.4, 0.5) is 10.6 Å². The van der Waals surface area contributed by atoms with Gasteiger partial charge in [-0.15, -0.1) is 0 Å². The summed E-state index contributed by atoms with van der Waals surface area (Å²) in [6.07, 6.45) is 2.42. The Hall–Kier alpha value is -1.18. The van der Waals surface area contributed by atoms with Gasteiger partial charge in [-0.25, -0.2) is 14.7 Å². The van der Waals surface area contributed by atoms with Crippen molar-refractivity contribution in [1.29, 1.82) is 5.41 Å². The molecule has 0 atom stereocenters. The highest BCUT2D eigenvalue weighted by molar-refractivity contribution is 14.1. The SMILES string of the molecule is N=CN(C(N)=O)c1ccc(I)cn1. The molecule has 13 heavy (non-hydrogen) atoms. The Balaban J connectivity index is 2.99. The van der Waals surface area contributed by atoms with E-state index in [-0.39, 0.29) is 0 Å². The molecule has 0 saturated heterocycles. The lowest BCUT2D eigenvalue weighted by atomic mass is 10.4. The molecule has 0 bridgehead atoms. The molecule has 0 aliphatic heterocycles. The molecule has 0 saturated carbocycles. The van der Waals surface area contributed by atoms with Gasteiger partial charge in [0, 0.05) is 9.77 Å². The van der Waals surface area contributed by atoms with E-state index in [2.05, 4.69) is 27.6 Å². The second kappa shape index (κ2) is 4.17. The number of hydrogen-bond donors (Lipinski definition) is 2. The van der Waals surface area contributed by atoms with E-state index in [0.717, 1.165) is 14.8 Å². The number of anilines is 1. The van der Waals surface area contributed by atoms with E-state index in [0.29, 0.717) is 5.82 Å². The van der Waals surface area contributed by atoms with Crippen molar-refractivity contribution in [2.75, 3.05) is 4.90 Å².